The Bertz CT molecular complexity index is 1200. The summed E-state index contributed by atoms with van der Waals surface area (Å²) in [6, 6.07) is 14.3. The summed E-state index contributed by atoms with van der Waals surface area (Å²) in [7, 11) is -3.96. The van der Waals surface area contributed by atoms with Crippen molar-refractivity contribution >= 4 is 56.4 Å². The lowest BCUT2D eigenvalue weighted by Gasteiger charge is -2.10. The van der Waals surface area contributed by atoms with Gasteiger partial charge in [-0.25, -0.2) is 17.5 Å². The van der Waals surface area contributed by atoms with Crippen LogP contribution in [0.25, 0.3) is 0 Å². The topological polar surface area (TPSA) is 75.3 Å². The molecule has 0 saturated heterocycles. The molecule has 5 nitrogen and oxygen atoms in total. The van der Waals surface area contributed by atoms with Crippen LogP contribution < -0.4 is 10.0 Å². The SMILES string of the molecule is O=C(Nc1cc(Cl)cc(Cl)c1)c1cc(S(=O)(=O)NCCc2ccc(Cl)cc2)ccc1F. The molecule has 10 heteroatoms. The van der Waals surface area contributed by atoms with Gasteiger partial charge in [0.15, 0.2) is 0 Å². The van der Waals surface area contributed by atoms with Crippen LogP contribution >= 0.6 is 34.8 Å². The number of hydrogen-bond acceptors (Lipinski definition) is 3. The standard InChI is InChI=1S/C21H16Cl3FN2O3S/c22-14-3-1-13(2-4-14)7-8-26-31(29,30)18-5-6-20(25)19(12-18)21(28)27-17-10-15(23)9-16(24)11-17/h1-6,9-12,26H,7-8H2,(H,27,28). The van der Waals surface area contributed by atoms with Gasteiger partial charge >= 0.3 is 0 Å². The number of benzene rings is 3. The molecule has 0 aliphatic heterocycles. The summed E-state index contributed by atoms with van der Waals surface area (Å²) in [6.07, 6.45) is 0.431. The van der Waals surface area contributed by atoms with Crippen molar-refractivity contribution in [2.75, 3.05) is 11.9 Å². The van der Waals surface area contributed by atoms with Gasteiger partial charge in [-0.1, -0.05) is 46.9 Å². The molecule has 1 amide bonds. The molecule has 3 aromatic rings. The van der Waals surface area contributed by atoms with Crippen LogP contribution in [0.15, 0.2) is 65.6 Å². The first kappa shape index (κ1) is 23.5. The molecule has 0 unspecified atom stereocenters. The van der Waals surface area contributed by atoms with E-state index >= 15 is 0 Å². The Morgan fingerprint density at radius 1 is 0.871 bits per heavy atom. The largest absolute Gasteiger partial charge is 0.322 e. The molecule has 2 N–H and O–H groups in total. The molecule has 0 radical (unpaired) electrons. The number of carbonyl (C=O) groups excluding carboxylic acids is 1. The van der Waals surface area contributed by atoms with Gasteiger partial charge in [-0.3, -0.25) is 4.79 Å². The first-order valence-corrected chi connectivity index (χ1v) is 11.6. The fourth-order valence-corrected chi connectivity index (χ4v) is 4.44. The maximum Gasteiger partial charge on any atom is 0.258 e. The summed E-state index contributed by atoms with van der Waals surface area (Å²) in [4.78, 5) is 12.3. The number of anilines is 1. The molecule has 3 rings (SSSR count). The van der Waals surface area contributed by atoms with Crippen LogP contribution in [-0.4, -0.2) is 20.9 Å². The molecular formula is C21H16Cl3FN2O3S. The van der Waals surface area contributed by atoms with Crippen molar-refractivity contribution in [2.24, 2.45) is 0 Å². The highest BCUT2D eigenvalue weighted by Crippen LogP contribution is 2.24. The van der Waals surface area contributed by atoms with E-state index in [0.717, 1.165) is 23.8 Å². The van der Waals surface area contributed by atoms with Gasteiger partial charge in [-0.2, -0.15) is 0 Å². The van der Waals surface area contributed by atoms with Gasteiger partial charge in [-0.05, 0) is 60.5 Å². The van der Waals surface area contributed by atoms with Gasteiger partial charge < -0.3 is 5.32 Å². The van der Waals surface area contributed by atoms with Crippen molar-refractivity contribution < 1.29 is 17.6 Å². The maximum atomic E-state index is 14.2. The summed E-state index contributed by atoms with van der Waals surface area (Å²) < 4.78 is 41.9. The van der Waals surface area contributed by atoms with Crippen molar-refractivity contribution in [1.29, 1.82) is 0 Å². The first-order valence-electron chi connectivity index (χ1n) is 8.95. The van der Waals surface area contributed by atoms with Gasteiger partial charge in [0.1, 0.15) is 5.82 Å². The van der Waals surface area contributed by atoms with Crippen LogP contribution in [0, 0.1) is 5.82 Å². The summed E-state index contributed by atoms with van der Waals surface area (Å²) in [5.74, 6) is -1.71. The van der Waals surface area contributed by atoms with E-state index in [1.54, 1.807) is 24.3 Å². The molecule has 162 valence electrons. The lowest BCUT2D eigenvalue weighted by molar-refractivity contribution is 0.102. The summed E-state index contributed by atoms with van der Waals surface area (Å²) in [5.41, 5.74) is 0.708. The van der Waals surface area contributed by atoms with E-state index in [0.29, 0.717) is 11.4 Å². The second-order valence-electron chi connectivity index (χ2n) is 6.53. The van der Waals surface area contributed by atoms with Crippen LogP contribution in [0.5, 0.6) is 0 Å². The average Bonchev–Trinajstić information content (AvgIpc) is 2.68. The van der Waals surface area contributed by atoms with E-state index in [2.05, 4.69) is 10.0 Å². The lowest BCUT2D eigenvalue weighted by Crippen LogP contribution is -2.26. The fourth-order valence-electron chi connectivity index (χ4n) is 2.73. The third-order valence-corrected chi connectivity index (χ3v) is 6.38. The minimum atomic E-state index is -3.96. The van der Waals surface area contributed by atoms with Crippen LogP contribution in [0.2, 0.25) is 15.1 Å². The minimum Gasteiger partial charge on any atom is -0.322 e. The monoisotopic (exact) mass is 500 g/mol. The zero-order valence-electron chi connectivity index (χ0n) is 15.8. The number of rotatable bonds is 7. The van der Waals surface area contributed by atoms with Crippen molar-refractivity contribution in [3.8, 4) is 0 Å². The zero-order chi connectivity index (χ0) is 22.6. The number of amides is 1. The highest BCUT2D eigenvalue weighted by Gasteiger charge is 2.19. The van der Waals surface area contributed by atoms with Gasteiger partial charge in [0.2, 0.25) is 10.0 Å². The Kier molecular flexibility index (Phi) is 7.56. The number of halogens is 4. The Labute approximate surface area is 194 Å². The third kappa shape index (κ3) is 6.41. The molecule has 0 fully saturated rings. The van der Waals surface area contributed by atoms with Crippen molar-refractivity contribution in [3.63, 3.8) is 0 Å². The molecule has 0 saturated carbocycles. The Morgan fingerprint density at radius 2 is 1.52 bits per heavy atom. The lowest BCUT2D eigenvalue weighted by atomic mass is 10.2. The number of hydrogen-bond donors (Lipinski definition) is 2. The molecule has 0 aliphatic rings. The van der Waals surface area contributed by atoms with E-state index in [9.17, 15) is 17.6 Å². The number of sulfonamides is 1. The summed E-state index contributed by atoms with van der Waals surface area (Å²) in [5, 5.41) is 3.60. The van der Waals surface area contributed by atoms with Crippen LogP contribution in [-0.2, 0) is 16.4 Å². The zero-order valence-corrected chi connectivity index (χ0v) is 18.9. The molecule has 3 aromatic carbocycles. The van der Waals surface area contributed by atoms with E-state index in [1.807, 2.05) is 0 Å². The Morgan fingerprint density at radius 3 is 2.16 bits per heavy atom. The minimum absolute atomic E-state index is 0.115. The van der Waals surface area contributed by atoms with Crippen molar-refractivity contribution in [1.82, 2.24) is 4.72 Å². The van der Waals surface area contributed by atoms with Gasteiger partial charge in [0.25, 0.3) is 5.91 Å². The third-order valence-electron chi connectivity index (χ3n) is 4.23. The van der Waals surface area contributed by atoms with Gasteiger partial charge in [-0.15, -0.1) is 0 Å². The van der Waals surface area contributed by atoms with E-state index < -0.39 is 27.3 Å². The molecule has 0 aromatic heterocycles. The predicted octanol–water partition coefficient (Wildman–Crippen LogP) is 5.56. The van der Waals surface area contributed by atoms with Crippen LogP contribution in [0.1, 0.15) is 15.9 Å². The Balaban J connectivity index is 1.73. The van der Waals surface area contributed by atoms with E-state index in [1.165, 1.54) is 18.2 Å². The normalized spacial score (nSPS) is 11.4. The molecule has 0 bridgehead atoms. The van der Waals surface area contributed by atoms with Gasteiger partial charge in [0, 0.05) is 27.3 Å². The molecule has 0 aliphatic carbocycles. The average molecular weight is 502 g/mol. The van der Waals surface area contributed by atoms with Crippen molar-refractivity contribution in [2.45, 2.75) is 11.3 Å². The van der Waals surface area contributed by atoms with Crippen LogP contribution in [0.3, 0.4) is 0 Å². The summed E-state index contributed by atoms with van der Waals surface area (Å²) in [6.45, 7) is 0.115. The molecule has 31 heavy (non-hydrogen) atoms. The smallest absolute Gasteiger partial charge is 0.258 e. The molecular weight excluding hydrogens is 486 g/mol. The highest BCUT2D eigenvalue weighted by atomic mass is 35.5. The molecule has 0 atom stereocenters. The van der Waals surface area contributed by atoms with Gasteiger partial charge in [0.05, 0.1) is 10.5 Å². The molecule has 0 spiro atoms. The predicted molar refractivity (Wildman–Crippen MR) is 121 cm³/mol. The molecule has 0 heterocycles. The second-order valence-corrected chi connectivity index (χ2v) is 9.60. The Hall–Kier alpha value is -2.16. The second kappa shape index (κ2) is 9.97. The quantitative estimate of drug-likeness (QED) is 0.445. The maximum absolute atomic E-state index is 14.2. The first-order chi connectivity index (χ1) is 14.6. The van der Waals surface area contributed by atoms with Crippen LogP contribution in [0.4, 0.5) is 10.1 Å². The number of carbonyl (C=O) groups is 1. The fraction of sp³-hybridized carbons (Fsp3) is 0.0952. The van der Waals surface area contributed by atoms with Crippen molar-refractivity contribution in [3.05, 3.63) is 92.7 Å². The van der Waals surface area contributed by atoms with E-state index in [-0.39, 0.29) is 27.2 Å². The number of nitrogens with one attached hydrogen (secondary N) is 2. The summed E-state index contributed by atoms with van der Waals surface area (Å²) >= 11 is 17.6. The highest BCUT2D eigenvalue weighted by molar-refractivity contribution is 7.89. The van der Waals surface area contributed by atoms with E-state index in [4.69, 9.17) is 34.8 Å².